The van der Waals surface area contributed by atoms with Crippen LogP contribution in [0.2, 0.25) is 0 Å². The van der Waals surface area contributed by atoms with Crippen molar-refractivity contribution in [3.8, 4) is 0 Å². The lowest BCUT2D eigenvalue weighted by molar-refractivity contribution is -0.123. The van der Waals surface area contributed by atoms with E-state index in [-0.39, 0.29) is 17.9 Å². The van der Waals surface area contributed by atoms with Crippen molar-refractivity contribution in [1.82, 2.24) is 10.2 Å². The fourth-order valence-electron chi connectivity index (χ4n) is 2.17. The van der Waals surface area contributed by atoms with Gasteiger partial charge in [0.2, 0.25) is 5.91 Å². The average Bonchev–Trinajstić information content (AvgIpc) is 2.77. The summed E-state index contributed by atoms with van der Waals surface area (Å²) in [6.07, 6.45) is 2.63. The Morgan fingerprint density at radius 1 is 1.29 bits per heavy atom. The molecule has 0 aromatic carbocycles. The Kier molecular flexibility index (Phi) is 5.92. The van der Waals surface area contributed by atoms with Gasteiger partial charge in [0.25, 0.3) is 0 Å². The zero-order chi connectivity index (χ0) is 12.8. The minimum absolute atomic E-state index is 0.0201. The van der Waals surface area contributed by atoms with Gasteiger partial charge in [-0.05, 0) is 37.8 Å². The normalized spacial score (nSPS) is 20.5. The molecule has 1 fully saturated rings. The summed E-state index contributed by atoms with van der Waals surface area (Å²) in [5.74, 6) is 0.675. The summed E-state index contributed by atoms with van der Waals surface area (Å²) in [7, 11) is 0. The predicted octanol–water partition coefficient (Wildman–Crippen LogP) is 0.818. The van der Waals surface area contributed by atoms with Crippen LogP contribution in [-0.4, -0.2) is 43.0 Å². The van der Waals surface area contributed by atoms with Crippen LogP contribution in [0.5, 0.6) is 0 Å². The Morgan fingerprint density at radius 3 is 2.41 bits per heavy atom. The van der Waals surface area contributed by atoms with E-state index in [0.29, 0.717) is 5.92 Å². The first-order valence-corrected chi connectivity index (χ1v) is 6.76. The minimum atomic E-state index is -0.381. The van der Waals surface area contributed by atoms with Crippen LogP contribution >= 0.6 is 0 Å². The van der Waals surface area contributed by atoms with Crippen molar-refractivity contribution < 1.29 is 4.79 Å². The summed E-state index contributed by atoms with van der Waals surface area (Å²) in [4.78, 5) is 14.1. The SMILES string of the molecule is CC(CNC(=O)[C@@H](N)C(C)C)CN1CCCC1. The fourth-order valence-corrected chi connectivity index (χ4v) is 2.17. The number of hydrogen-bond donors (Lipinski definition) is 2. The predicted molar refractivity (Wildman–Crippen MR) is 70.7 cm³/mol. The molecule has 100 valence electrons. The van der Waals surface area contributed by atoms with Crippen molar-refractivity contribution in [1.29, 1.82) is 0 Å². The first kappa shape index (κ1) is 14.5. The highest BCUT2D eigenvalue weighted by Crippen LogP contribution is 2.09. The maximum Gasteiger partial charge on any atom is 0.237 e. The Hall–Kier alpha value is -0.610. The standard InChI is InChI=1S/C13H27N3O/c1-10(2)12(14)13(17)15-8-11(3)9-16-6-4-5-7-16/h10-12H,4-9,14H2,1-3H3,(H,15,17)/t11?,12-/m0/s1. The highest BCUT2D eigenvalue weighted by molar-refractivity contribution is 5.81. The first-order chi connectivity index (χ1) is 8.00. The van der Waals surface area contributed by atoms with Crippen molar-refractivity contribution in [2.24, 2.45) is 17.6 Å². The second-order valence-electron chi connectivity index (χ2n) is 5.63. The molecule has 1 saturated heterocycles. The van der Waals surface area contributed by atoms with Gasteiger partial charge >= 0.3 is 0 Å². The highest BCUT2D eigenvalue weighted by Gasteiger charge is 2.19. The Balaban J connectivity index is 2.18. The molecule has 0 radical (unpaired) electrons. The second-order valence-corrected chi connectivity index (χ2v) is 5.63. The molecular formula is C13H27N3O. The van der Waals surface area contributed by atoms with E-state index in [4.69, 9.17) is 5.73 Å². The minimum Gasteiger partial charge on any atom is -0.354 e. The summed E-state index contributed by atoms with van der Waals surface area (Å²) in [5, 5.41) is 2.95. The number of nitrogens with zero attached hydrogens (tertiary/aromatic N) is 1. The van der Waals surface area contributed by atoms with Crippen molar-refractivity contribution in [2.45, 2.75) is 39.7 Å². The van der Waals surface area contributed by atoms with E-state index >= 15 is 0 Å². The number of nitrogens with two attached hydrogens (primary N) is 1. The zero-order valence-electron chi connectivity index (χ0n) is 11.4. The van der Waals surface area contributed by atoms with Gasteiger partial charge in [-0.2, -0.15) is 0 Å². The van der Waals surface area contributed by atoms with Crippen LogP contribution in [0.4, 0.5) is 0 Å². The number of carbonyl (C=O) groups excluding carboxylic acids is 1. The van der Waals surface area contributed by atoms with Crippen LogP contribution in [-0.2, 0) is 4.79 Å². The second kappa shape index (κ2) is 6.97. The monoisotopic (exact) mass is 241 g/mol. The van der Waals surface area contributed by atoms with Crippen molar-refractivity contribution in [3.05, 3.63) is 0 Å². The molecule has 1 heterocycles. The smallest absolute Gasteiger partial charge is 0.237 e. The van der Waals surface area contributed by atoms with Gasteiger partial charge in [0.15, 0.2) is 0 Å². The van der Waals surface area contributed by atoms with E-state index in [9.17, 15) is 4.79 Å². The summed E-state index contributed by atoms with van der Waals surface area (Å²) in [6, 6.07) is -0.381. The topological polar surface area (TPSA) is 58.4 Å². The van der Waals surface area contributed by atoms with E-state index in [2.05, 4.69) is 17.1 Å². The molecule has 0 aromatic heterocycles. The molecule has 1 unspecified atom stereocenters. The lowest BCUT2D eigenvalue weighted by atomic mass is 10.0. The molecule has 17 heavy (non-hydrogen) atoms. The van der Waals surface area contributed by atoms with Gasteiger partial charge in [0, 0.05) is 13.1 Å². The van der Waals surface area contributed by atoms with Crippen LogP contribution in [0, 0.1) is 11.8 Å². The van der Waals surface area contributed by atoms with Gasteiger partial charge in [-0.15, -0.1) is 0 Å². The van der Waals surface area contributed by atoms with Gasteiger partial charge in [0.05, 0.1) is 6.04 Å². The lowest BCUT2D eigenvalue weighted by Gasteiger charge is -2.22. The summed E-state index contributed by atoms with van der Waals surface area (Å²) in [5.41, 5.74) is 5.79. The number of amides is 1. The molecule has 0 aromatic rings. The van der Waals surface area contributed by atoms with Crippen LogP contribution in [0.25, 0.3) is 0 Å². The lowest BCUT2D eigenvalue weighted by Crippen LogP contribution is -2.46. The fraction of sp³-hybridized carbons (Fsp3) is 0.923. The summed E-state index contributed by atoms with van der Waals surface area (Å²) in [6.45, 7) is 10.4. The maximum absolute atomic E-state index is 11.7. The summed E-state index contributed by atoms with van der Waals surface area (Å²) < 4.78 is 0. The Labute approximate surface area is 105 Å². The average molecular weight is 241 g/mol. The van der Waals surface area contributed by atoms with Crippen LogP contribution < -0.4 is 11.1 Å². The molecule has 3 N–H and O–H groups in total. The molecule has 2 atom stereocenters. The van der Waals surface area contributed by atoms with E-state index in [0.717, 1.165) is 13.1 Å². The van der Waals surface area contributed by atoms with Crippen LogP contribution in [0.15, 0.2) is 0 Å². The largest absolute Gasteiger partial charge is 0.354 e. The van der Waals surface area contributed by atoms with Gasteiger partial charge in [0.1, 0.15) is 0 Å². The molecule has 1 aliphatic heterocycles. The number of rotatable bonds is 6. The van der Waals surface area contributed by atoms with Crippen LogP contribution in [0.3, 0.4) is 0 Å². The summed E-state index contributed by atoms with van der Waals surface area (Å²) >= 11 is 0. The van der Waals surface area contributed by atoms with Crippen molar-refractivity contribution >= 4 is 5.91 Å². The third-order valence-corrected chi connectivity index (χ3v) is 3.41. The van der Waals surface area contributed by atoms with E-state index < -0.39 is 0 Å². The molecule has 0 aliphatic carbocycles. The molecular weight excluding hydrogens is 214 g/mol. The molecule has 1 amide bonds. The van der Waals surface area contributed by atoms with Gasteiger partial charge in [-0.3, -0.25) is 4.79 Å². The molecule has 0 spiro atoms. The van der Waals surface area contributed by atoms with Gasteiger partial charge in [-0.1, -0.05) is 20.8 Å². The number of carbonyl (C=O) groups is 1. The molecule has 0 bridgehead atoms. The molecule has 4 heteroatoms. The Bertz CT molecular complexity index is 237. The quantitative estimate of drug-likeness (QED) is 0.724. The highest BCUT2D eigenvalue weighted by atomic mass is 16.2. The van der Waals surface area contributed by atoms with Crippen molar-refractivity contribution in [3.63, 3.8) is 0 Å². The van der Waals surface area contributed by atoms with Gasteiger partial charge < -0.3 is 16.0 Å². The number of nitrogens with one attached hydrogen (secondary N) is 1. The maximum atomic E-state index is 11.7. The third kappa shape index (κ3) is 5.04. The Morgan fingerprint density at radius 2 is 1.88 bits per heavy atom. The molecule has 4 nitrogen and oxygen atoms in total. The van der Waals surface area contributed by atoms with Gasteiger partial charge in [-0.25, -0.2) is 0 Å². The van der Waals surface area contributed by atoms with E-state index in [1.165, 1.54) is 25.9 Å². The zero-order valence-corrected chi connectivity index (χ0v) is 11.4. The van der Waals surface area contributed by atoms with Crippen LogP contribution in [0.1, 0.15) is 33.6 Å². The molecule has 1 rings (SSSR count). The molecule has 1 aliphatic rings. The van der Waals surface area contributed by atoms with E-state index in [1.807, 2.05) is 13.8 Å². The number of likely N-dealkylation sites (tertiary alicyclic amines) is 1. The number of hydrogen-bond acceptors (Lipinski definition) is 3. The first-order valence-electron chi connectivity index (χ1n) is 6.76. The van der Waals surface area contributed by atoms with Crippen molar-refractivity contribution in [2.75, 3.05) is 26.2 Å². The molecule has 0 saturated carbocycles. The third-order valence-electron chi connectivity index (χ3n) is 3.41. The van der Waals surface area contributed by atoms with E-state index in [1.54, 1.807) is 0 Å².